The lowest BCUT2D eigenvalue weighted by Gasteiger charge is -2.31. The maximum atomic E-state index is 12.7. The summed E-state index contributed by atoms with van der Waals surface area (Å²) in [5.74, 6) is 0. The van der Waals surface area contributed by atoms with Crippen molar-refractivity contribution in [1.82, 2.24) is 0 Å². The zero-order valence-corrected chi connectivity index (χ0v) is 18.9. The third kappa shape index (κ3) is 4.95. The van der Waals surface area contributed by atoms with Crippen molar-refractivity contribution in [3.63, 3.8) is 0 Å². The van der Waals surface area contributed by atoms with E-state index in [0.717, 1.165) is 17.4 Å². The van der Waals surface area contributed by atoms with E-state index in [9.17, 15) is 13.7 Å². The molecule has 0 aliphatic rings. The van der Waals surface area contributed by atoms with Crippen LogP contribution in [0.15, 0.2) is 76.8 Å². The quantitative estimate of drug-likeness (QED) is 0.266. The first-order valence-electron chi connectivity index (χ1n) is 10.1. The molecule has 3 rings (SSSR count). The van der Waals surface area contributed by atoms with Gasteiger partial charge in [-0.15, -0.1) is 0 Å². The molecular weight excluding hydrogens is 414 g/mol. The first-order valence-corrected chi connectivity index (χ1v) is 11.5. The number of benzene rings is 3. The zero-order chi connectivity index (χ0) is 22.6. The normalized spacial score (nSPS) is 13.9. The van der Waals surface area contributed by atoms with Gasteiger partial charge in [-0.3, -0.25) is 9.54 Å². The smallest absolute Gasteiger partial charge is 0.264 e. The molecule has 0 radical (unpaired) electrons. The molecule has 3 aromatic rings. The standard InChI is InChI=1S/C24H27NO5S/c1-5-24(3,4)23(29-26)20-15-13-18(14-16-20)17(2)25-30-31(27,28)22-12-8-10-19-9-6-7-11-21(19)22/h6-16,23,26H,5H2,1-4H3. The van der Waals surface area contributed by atoms with E-state index in [1.807, 2.05) is 51.1 Å². The van der Waals surface area contributed by atoms with Gasteiger partial charge in [-0.2, -0.15) is 8.42 Å². The first kappa shape index (κ1) is 22.9. The molecule has 6 nitrogen and oxygen atoms in total. The van der Waals surface area contributed by atoms with Crippen molar-refractivity contribution in [3.8, 4) is 0 Å². The highest BCUT2D eigenvalue weighted by Gasteiger charge is 2.30. The van der Waals surface area contributed by atoms with Crippen LogP contribution in [0.25, 0.3) is 10.8 Å². The van der Waals surface area contributed by atoms with Gasteiger partial charge in [0.05, 0.1) is 5.71 Å². The fourth-order valence-electron chi connectivity index (χ4n) is 3.35. The molecule has 0 fully saturated rings. The fourth-order valence-corrected chi connectivity index (χ4v) is 4.34. The Kier molecular flexibility index (Phi) is 6.79. The van der Waals surface area contributed by atoms with Gasteiger partial charge >= 0.3 is 10.1 Å². The molecule has 0 aliphatic carbocycles. The van der Waals surface area contributed by atoms with Gasteiger partial charge in [0, 0.05) is 5.39 Å². The van der Waals surface area contributed by atoms with Crippen LogP contribution in [0.2, 0.25) is 0 Å². The van der Waals surface area contributed by atoms with Gasteiger partial charge in [-0.05, 0) is 41.3 Å². The molecule has 1 unspecified atom stereocenters. The Morgan fingerprint density at radius 1 is 1.03 bits per heavy atom. The van der Waals surface area contributed by atoms with E-state index in [1.165, 1.54) is 6.07 Å². The lowest BCUT2D eigenvalue weighted by atomic mass is 9.80. The Bertz CT molecular complexity index is 1180. The first-order chi connectivity index (χ1) is 14.7. The zero-order valence-electron chi connectivity index (χ0n) is 18.1. The van der Waals surface area contributed by atoms with Crippen molar-refractivity contribution in [2.75, 3.05) is 0 Å². The maximum absolute atomic E-state index is 12.7. The summed E-state index contributed by atoms with van der Waals surface area (Å²) in [5, 5.41) is 14.6. The average Bonchev–Trinajstić information content (AvgIpc) is 2.78. The summed E-state index contributed by atoms with van der Waals surface area (Å²) in [5.41, 5.74) is 1.67. The molecule has 0 spiro atoms. The van der Waals surface area contributed by atoms with Gasteiger partial charge in [0.1, 0.15) is 11.0 Å². The van der Waals surface area contributed by atoms with Crippen molar-refractivity contribution < 1.29 is 22.8 Å². The Labute approximate surface area is 183 Å². The molecule has 1 N–H and O–H groups in total. The van der Waals surface area contributed by atoms with Crippen molar-refractivity contribution in [3.05, 3.63) is 77.9 Å². The topological polar surface area (TPSA) is 85.2 Å². The van der Waals surface area contributed by atoms with E-state index in [-0.39, 0.29) is 10.3 Å². The Balaban J connectivity index is 1.83. The molecule has 0 saturated carbocycles. The Morgan fingerprint density at radius 3 is 2.32 bits per heavy atom. The summed E-state index contributed by atoms with van der Waals surface area (Å²) in [4.78, 5) is 4.81. The lowest BCUT2D eigenvalue weighted by molar-refractivity contribution is -0.305. The molecule has 0 bridgehead atoms. The highest BCUT2D eigenvalue weighted by atomic mass is 32.2. The van der Waals surface area contributed by atoms with E-state index >= 15 is 0 Å². The van der Waals surface area contributed by atoms with Crippen LogP contribution >= 0.6 is 0 Å². The monoisotopic (exact) mass is 441 g/mol. The number of hydrogen-bond acceptors (Lipinski definition) is 6. The third-order valence-electron chi connectivity index (χ3n) is 5.65. The number of rotatable bonds is 8. The van der Waals surface area contributed by atoms with Gasteiger partial charge in [-0.1, -0.05) is 86.6 Å². The molecule has 7 heteroatoms. The van der Waals surface area contributed by atoms with Crippen molar-refractivity contribution >= 4 is 26.6 Å². The highest BCUT2D eigenvalue weighted by Crippen LogP contribution is 2.38. The summed E-state index contributed by atoms with van der Waals surface area (Å²) in [7, 11) is -4.08. The van der Waals surface area contributed by atoms with Crippen LogP contribution in [-0.2, 0) is 19.3 Å². The van der Waals surface area contributed by atoms with Crippen LogP contribution in [0, 0.1) is 5.41 Å². The molecule has 0 saturated heterocycles. The van der Waals surface area contributed by atoms with E-state index < -0.39 is 16.2 Å². The minimum atomic E-state index is -4.08. The second kappa shape index (κ2) is 9.18. The molecule has 164 valence electrons. The largest absolute Gasteiger partial charge is 0.359 e. The number of hydrogen-bond donors (Lipinski definition) is 1. The molecule has 0 heterocycles. The average molecular weight is 442 g/mol. The minimum absolute atomic E-state index is 0.0715. The van der Waals surface area contributed by atoms with Gasteiger partial charge in [-0.25, -0.2) is 4.89 Å². The van der Waals surface area contributed by atoms with E-state index in [0.29, 0.717) is 16.7 Å². The van der Waals surface area contributed by atoms with Crippen LogP contribution in [-0.4, -0.2) is 19.4 Å². The molecule has 0 aromatic heterocycles. The van der Waals surface area contributed by atoms with Crippen molar-refractivity contribution in [2.24, 2.45) is 10.6 Å². The van der Waals surface area contributed by atoms with Gasteiger partial charge in [0.2, 0.25) is 0 Å². The predicted octanol–water partition coefficient (Wildman–Crippen LogP) is 5.94. The van der Waals surface area contributed by atoms with E-state index in [2.05, 4.69) is 5.16 Å². The minimum Gasteiger partial charge on any atom is -0.264 e. The molecule has 0 aliphatic heterocycles. The number of nitrogens with zero attached hydrogens (tertiary/aromatic N) is 1. The van der Waals surface area contributed by atoms with E-state index in [1.54, 1.807) is 37.3 Å². The molecule has 1 atom stereocenters. The second-order valence-corrected chi connectivity index (χ2v) is 9.63. The van der Waals surface area contributed by atoms with E-state index in [4.69, 9.17) is 9.17 Å². The summed E-state index contributed by atoms with van der Waals surface area (Å²) in [6.07, 6.45) is 0.340. The predicted molar refractivity (Wildman–Crippen MR) is 121 cm³/mol. The number of fused-ring (bicyclic) bond motifs is 1. The summed E-state index contributed by atoms with van der Waals surface area (Å²) in [6.45, 7) is 7.73. The SMILES string of the molecule is CCC(C)(C)C(OO)c1ccc(C(C)=NOS(=O)(=O)c2cccc3ccccc23)cc1. The fraction of sp³-hybridized carbons (Fsp3) is 0.292. The Morgan fingerprint density at radius 2 is 1.68 bits per heavy atom. The van der Waals surface area contributed by atoms with Gasteiger partial charge < -0.3 is 0 Å². The van der Waals surface area contributed by atoms with Crippen LogP contribution in [0.5, 0.6) is 0 Å². The van der Waals surface area contributed by atoms with Crippen LogP contribution in [0.4, 0.5) is 0 Å². The second-order valence-electron chi connectivity index (χ2n) is 8.13. The molecular formula is C24H27NO5S. The van der Waals surface area contributed by atoms with Gasteiger partial charge in [0.15, 0.2) is 0 Å². The summed E-state index contributed by atoms with van der Waals surface area (Å²) >= 11 is 0. The Hall–Kier alpha value is -2.74. The van der Waals surface area contributed by atoms with Crippen molar-refractivity contribution in [2.45, 2.75) is 45.1 Å². The number of oxime groups is 1. The molecule has 0 amide bonds. The lowest BCUT2D eigenvalue weighted by Crippen LogP contribution is -2.23. The highest BCUT2D eigenvalue weighted by molar-refractivity contribution is 7.87. The maximum Gasteiger partial charge on any atom is 0.359 e. The van der Waals surface area contributed by atoms with Crippen LogP contribution in [0.3, 0.4) is 0 Å². The van der Waals surface area contributed by atoms with Gasteiger partial charge in [0.25, 0.3) is 0 Å². The van der Waals surface area contributed by atoms with Crippen molar-refractivity contribution in [1.29, 1.82) is 0 Å². The summed E-state index contributed by atoms with van der Waals surface area (Å²) < 4.78 is 30.5. The summed E-state index contributed by atoms with van der Waals surface area (Å²) in [6, 6.07) is 19.4. The molecule has 3 aromatic carbocycles. The third-order valence-corrected chi connectivity index (χ3v) is 6.81. The molecule has 31 heavy (non-hydrogen) atoms. The van der Waals surface area contributed by atoms with Crippen LogP contribution < -0.4 is 0 Å². The van der Waals surface area contributed by atoms with Crippen LogP contribution in [0.1, 0.15) is 51.3 Å².